The number of carbonyl (C=O) groups excluding carboxylic acids is 1. The number of carbonyl (C=O) groups is 1. The molecule has 3 rings (SSSR count). The van der Waals surface area contributed by atoms with Gasteiger partial charge in [-0.3, -0.25) is 0 Å². The van der Waals surface area contributed by atoms with Crippen LogP contribution in [0.5, 0.6) is 0 Å². The van der Waals surface area contributed by atoms with Gasteiger partial charge in [0, 0.05) is 6.54 Å². The van der Waals surface area contributed by atoms with Crippen LogP contribution in [0.25, 0.3) is 0 Å². The van der Waals surface area contributed by atoms with Crippen LogP contribution in [0.2, 0.25) is 0 Å². The summed E-state index contributed by atoms with van der Waals surface area (Å²) >= 11 is 0. The molecule has 0 saturated carbocycles. The molecule has 1 fully saturated rings. The molecule has 2 aromatic rings. The van der Waals surface area contributed by atoms with Crippen molar-refractivity contribution in [2.45, 2.75) is 31.7 Å². The molecular weight excluding hydrogens is 393 g/mol. The minimum atomic E-state index is -4.50. The summed E-state index contributed by atoms with van der Waals surface area (Å²) in [5.74, 6) is 0. The molecule has 1 unspecified atom stereocenters. The lowest BCUT2D eigenvalue weighted by atomic mass is 9.92. The Morgan fingerprint density at radius 1 is 1.03 bits per heavy atom. The lowest BCUT2D eigenvalue weighted by Gasteiger charge is -2.36. The van der Waals surface area contributed by atoms with E-state index in [1.165, 1.54) is 17.0 Å². The van der Waals surface area contributed by atoms with Gasteiger partial charge in [-0.2, -0.15) is 22.0 Å². The summed E-state index contributed by atoms with van der Waals surface area (Å²) in [6.45, 7) is 0.00204. The fourth-order valence-electron chi connectivity index (χ4n) is 3.24. The lowest BCUT2D eigenvalue weighted by molar-refractivity contribution is -0.137. The number of likely N-dealkylation sites (tertiary alicyclic amines) is 1. The predicted octanol–water partition coefficient (Wildman–Crippen LogP) is 6.33. The number of benzene rings is 2. The van der Waals surface area contributed by atoms with Gasteiger partial charge in [-0.25, -0.2) is 4.79 Å². The molecule has 1 aliphatic rings. The van der Waals surface area contributed by atoms with E-state index in [9.17, 15) is 26.7 Å². The van der Waals surface area contributed by atoms with Crippen molar-refractivity contribution < 1.29 is 31.5 Å². The number of hydrogen-bond donors (Lipinski definition) is 0. The van der Waals surface area contributed by atoms with Crippen molar-refractivity contribution >= 4 is 6.09 Å². The van der Waals surface area contributed by atoms with Crippen molar-refractivity contribution in [3.63, 3.8) is 0 Å². The van der Waals surface area contributed by atoms with Gasteiger partial charge >= 0.3 is 12.3 Å². The van der Waals surface area contributed by atoms with E-state index >= 15 is 0 Å². The van der Waals surface area contributed by atoms with Gasteiger partial charge in [0.1, 0.15) is 6.61 Å². The first-order valence-electron chi connectivity index (χ1n) is 8.93. The molecule has 1 heterocycles. The Labute approximate surface area is 164 Å². The van der Waals surface area contributed by atoms with Crippen molar-refractivity contribution in [1.82, 2.24) is 4.90 Å². The van der Waals surface area contributed by atoms with Crippen LogP contribution in [0.15, 0.2) is 66.3 Å². The zero-order valence-electron chi connectivity index (χ0n) is 15.3. The fourth-order valence-corrected chi connectivity index (χ4v) is 3.24. The van der Waals surface area contributed by atoms with E-state index in [0.717, 1.165) is 17.7 Å². The van der Waals surface area contributed by atoms with E-state index < -0.39 is 30.0 Å². The summed E-state index contributed by atoms with van der Waals surface area (Å²) in [7, 11) is 0. The van der Waals surface area contributed by atoms with Gasteiger partial charge < -0.3 is 9.64 Å². The van der Waals surface area contributed by atoms with Gasteiger partial charge in [-0.15, -0.1) is 0 Å². The molecular formula is C21H18F5NO2. The summed E-state index contributed by atoms with van der Waals surface area (Å²) in [5.41, 5.74) is 0.150. The summed E-state index contributed by atoms with van der Waals surface area (Å²) < 4.78 is 70.0. The first-order valence-corrected chi connectivity index (χ1v) is 8.93. The molecule has 3 nitrogen and oxygen atoms in total. The van der Waals surface area contributed by atoms with Gasteiger partial charge in [-0.05, 0) is 41.7 Å². The first-order chi connectivity index (χ1) is 13.8. The number of ether oxygens (including phenoxy) is 1. The predicted molar refractivity (Wildman–Crippen MR) is 96.0 cm³/mol. The molecule has 29 heavy (non-hydrogen) atoms. The molecule has 0 aromatic heterocycles. The minimum absolute atomic E-state index is 0.00795. The maximum Gasteiger partial charge on any atom is 0.416 e. The van der Waals surface area contributed by atoms with E-state index in [4.69, 9.17) is 4.74 Å². The number of amides is 1. The number of nitrogens with zero attached hydrogens (tertiary/aromatic N) is 1. The zero-order valence-corrected chi connectivity index (χ0v) is 15.3. The number of rotatable bonds is 3. The molecule has 0 aliphatic carbocycles. The molecule has 2 aromatic carbocycles. The molecule has 8 heteroatoms. The highest BCUT2D eigenvalue weighted by atomic mass is 19.4. The summed E-state index contributed by atoms with van der Waals surface area (Å²) in [6.07, 6.45) is -7.19. The summed E-state index contributed by atoms with van der Waals surface area (Å²) in [5, 5.41) is 0. The van der Waals surface area contributed by atoms with Crippen molar-refractivity contribution in [3.8, 4) is 0 Å². The van der Waals surface area contributed by atoms with Gasteiger partial charge in [0.15, 0.2) is 0 Å². The smallest absolute Gasteiger partial charge is 0.416 e. The highest BCUT2D eigenvalue weighted by Gasteiger charge is 2.34. The lowest BCUT2D eigenvalue weighted by Crippen LogP contribution is -2.39. The van der Waals surface area contributed by atoms with E-state index in [2.05, 4.69) is 0 Å². The molecule has 1 aliphatic heterocycles. The van der Waals surface area contributed by atoms with E-state index in [1.54, 1.807) is 24.3 Å². The Hall–Kier alpha value is -2.90. The average Bonchev–Trinajstić information content (AvgIpc) is 2.71. The Morgan fingerprint density at radius 3 is 2.28 bits per heavy atom. The Kier molecular flexibility index (Phi) is 6.20. The average molecular weight is 411 g/mol. The second kappa shape index (κ2) is 8.63. The molecule has 0 spiro atoms. The molecule has 1 saturated heterocycles. The van der Waals surface area contributed by atoms with E-state index in [-0.39, 0.29) is 31.6 Å². The van der Waals surface area contributed by atoms with Gasteiger partial charge in [-0.1, -0.05) is 42.5 Å². The molecule has 0 radical (unpaired) electrons. The highest BCUT2D eigenvalue weighted by Crippen LogP contribution is 2.37. The van der Waals surface area contributed by atoms with Crippen LogP contribution in [0.3, 0.4) is 0 Å². The third kappa shape index (κ3) is 5.13. The van der Waals surface area contributed by atoms with Crippen LogP contribution in [-0.2, 0) is 17.5 Å². The van der Waals surface area contributed by atoms with Crippen LogP contribution >= 0.6 is 0 Å². The first kappa shape index (κ1) is 20.8. The molecule has 154 valence electrons. The van der Waals surface area contributed by atoms with Crippen LogP contribution in [-0.4, -0.2) is 17.5 Å². The number of hydrogen-bond acceptors (Lipinski definition) is 2. The Bertz CT molecular complexity index is 874. The van der Waals surface area contributed by atoms with Crippen molar-refractivity contribution in [2.24, 2.45) is 0 Å². The maximum absolute atomic E-state index is 13.1. The second-order valence-corrected chi connectivity index (χ2v) is 6.69. The third-order valence-electron chi connectivity index (χ3n) is 4.80. The monoisotopic (exact) mass is 411 g/mol. The van der Waals surface area contributed by atoms with Crippen molar-refractivity contribution in [3.05, 3.63) is 82.9 Å². The number of alkyl halides is 3. The summed E-state index contributed by atoms with van der Waals surface area (Å²) in [4.78, 5) is 13.9. The van der Waals surface area contributed by atoms with Crippen molar-refractivity contribution in [2.75, 3.05) is 6.54 Å². The largest absolute Gasteiger partial charge is 0.445 e. The standard InChI is InChI=1S/C21H18F5NO2/c22-19(23)16-10-11-27(20(28)29-13-14-4-2-1-3-5-14)18(12-16)15-6-8-17(9-7-15)21(24,25)26/h1-9,18H,10-13H2. The highest BCUT2D eigenvalue weighted by molar-refractivity contribution is 5.69. The Balaban J connectivity index is 1.80. The third-order valence-corrected chi connectivity index (χ3v) is 4.80. The zero-order chi connectivity index (χ0) is 21.0. The number of piperidine rings is 1. The SMILES string of the molecule is O=C(OCc1ccccc1)N1CCC(=C(F)F)CC1c1ccc(C(F)(F)F)cc1. The molecule has 0 N–H and O–H groups in total. The van der Waals surface area contributed by atoms with Crippen LogP contribution in [0.4, 0.5) is 26.7 Å². The van der Waals surface area contributed by atoms with Crippen LogP contribution in [0, 0.1) is 0 Å². The molecule has 1 amide bonds. The molecule has 0 bridgehead atoms. The quantitative estimate of drug-likeness (QED) is 0.553. The van der Waals surface area contributed by atoms with Crippen LogP contribution < -0.4 is 0 Å². The maximum atomic E-state index is 13.1. The fraction of sp³-hybridized carbons (Fsp3) is 0.286. The number of halogens is 5. The van der Waals surface area contributed by atoms with E-state index in [1.807, 2.05) is 6.07 Å². The summed E-state index contributed by atoms with van der Waals surface area (Å²) in [6, 6.07) is 12.3. The van der Waals surface area contributed by atoms with Crippen LogP contribution in [0.1, 0.15) is 35.6 Å². The van der Waals surface area contributed by atoms with Crippen molar-refractivity contribution in [1.29, 1.82) is 0 Å². The van der Waals surface area contributed by atoms with Gasteiger partial charge in [0.05, 0.1) is 11.6 Å². The molecule has 1 atom stereocenters. The second-order valence-electron chi connectivity index (χ2n) is 6.69. The van der Waals surface area contributed by atoms with Gasteiger partial charge in [0.2, 0.25) is 0 Å². The van der Waals surface area contributed by atoms with Gasteiger partial charge in [0.25, 0.3) is 6.08 Å². The topological polar surface area (TPSA) is 29.5 Å². The Morgan fingerprint density at radius 2 is 1.69 bits per heavy atom. The normalized spacial score (nSPS) is 17.2. The van der Waals surface area contributed by atoms with E-state index in [0.29, 0.717) is 5.56 Å². The minimum Gasteiger partial charge on any atom is -0.445 e.